The van der Waals surface area contributed by atoms with Crippen LogP contribution in [0.5, 0.6) is 0 Å². The maximum Gasteiger partial charge on any atom is 0.288 e. The molecule has 1 aromatic carbocycles. The van der Waals surface area contributed by atoms with Gasteiger partial charge in [0, 0.05) is 18.1 Å². The highest BCUT2D eigenvalue weighted by Gasteiger charge is 2.15. The van der Waals surface area contributed by atoms with Crippen LogP contribution in [0.3, 0.4) is 0 Å². The van der Waals surface area contributed by atoms with Gasteiger partial charge in [-0.3, -0.25) is 14.9 Å². The van der Waals surface area contributed by atoms with Crippen molar-refractivity contribution in [3.05, 3.63) is 38.9 Å². The SMILES string of the molecule is CCCCC(=O)c1ccc(Cl)c([N+](=O)[O-])c1. The molecular formula is C11H12ClNO3. The number of rotatable bonds is 5. The Hall–Kier alpha value is -1.42. The number of nitro groups is 1. The van der Waals surface area contributed by atoms with Gasteiger partial charge in [0.25, 0.3) is 5.69 Å². The third-order valence-corrected chi connectivity index (χ3v) is 2.54. The molecule has 0 bridgehead atoms. The van der Waals surface area contributed by atoms with E-state index in [0.717, 1.165) is 12.8 Å². The highest BCUT2D eigenvalue weighted by molar-refractivity contribution is 6.32. The predicted molar refractivity (Wildman–Crippen MR) is 62.0 cm³/mol. The Morgan fingerprint density at radius 1 is 1.50 bits per heavy atom. The van der Waals surface area contributed by atoms with Gasteiger partial charge in [-0.1, -0.05) is 24.9 Å². The lowest BCUT2D eigenvalue weighted by Gasteiger charge is -2.01. The first-order valence-corrected chi connectivity index (χ1v) is 5.41. The molecule has 0 amide bonds. The van der Waals surface area contributed by atoms with Gasteiger partial charge in [0.2, 0.25) is 0 Å². The Morgan fingerprint density at radius 2 is 2.19 bits per heavy atom. The predicted octanol–water partition coefficient (Wildman–Crippen LogP) is 3.62. The molecule has 1 rings (SSSR count). The topological polar surface area (TPSA) is 60.2 Å². The Kier molecular flexibility index (Phi) is 4.43. The van der Waals surface area contributed by atoms with E-state index in [1.807, 2.05) is 6.92 Å². The number of benzene rings is 1. The van der Waals surface area contributed by atoms with Crippen LogP contribution in [0.1, 0.15) is 36.5 Å². The summed E-state index contributed by atoms with van der Waals surface area (Å²) in [6, 6.07) is 4.15. The van der Waals surface area contributed by atoms with E-state index < -0.39 is 4.92 Å². The quantitative estimate of drug-likeness (QED) is 0.449. The van der Waals surface area contributed by atoms with Crippen LogP contribution in [0.2, 0.25) is 5.02 Å². The fourth-order valence-corrected chi connectivity index (χ4v) is 1.49. The molecule has 5 heteroatoms. The third-order valence-electron chi connectivity index (χ3n) is 2.22. The van der Waals surface area contributed by atoms with Crippen LogP contribution in [-0.2, 0) is 0 Å². The molecule has 0 aromatic heterocycles. The van der Waals surface area contributed by atoms with Crippen LogP contribution in [0, 0.1) is 10.1 Å². The van der Waals surface area contributed by atoms with Gasteiger partial charge in [0.05, 0.1) is 4.92 Å². The maximum atomic E-state index is 11.6. The fraction of sp³-hybridized carbons (Fsp3) is 0.364. The summed E-state index contributed by atoms with van der Waals surface area (Å²) in [7, 11) is 0. The molecule has 0 radical (unpaired) electrons. The Bertz CT molecular complexity index is 418. The Labute approximate surface area is 98.4 Å². The average Bonchev–Trinajstić information content (AvgIpc) is 2.26. The van der Waals surface area contributed by atoms with Gasteiger partial charge in [-0.2, -0.15) is 0 Å². The first kappa shape index (κ1) is 12.6. The third kappa shape index (κ3) is 3.03. The normalized spacial score (nSPS) is 10.1. The highest BCUT2D eigenvalue weighted by atomic mass is 35.5. The maximum absolute atomic E-state index is 11.6. The standard InChI is InChI=1S/C11H12ClNO3/c1-2-3-4-11(14)8-5-6-9(12)10(7-8)13(15)16/h5-7H,2-4H2,1H3. The number of halogens is 1. The second-order valence-electron chi connectivity index (χ2n) is 3.45. The van der Waals surface area contributed by atoms with Crippen LogP contribution in [0.4, 0.5) is 5.69 Å². The molecule has 0 heterocycles. The lowest BCUT2D eigenvalue weighted by molar-refractivity contribution is -0.384. The molecule has 0 saturated heterocycles. The molecule has 4 nitrogen and oxygen atoms in total. The summed E-state index contributed by atoms with van der Waals surface area (Å²) in [4.78, 5) is 21.7. The van der Waals surface area contributed by atoms with Crippen LogP contribution < -0.4 is 0 Å². The lowest BCUT2D eigenvalue weighted by atomic mass is 10.1. The number of nitro benzene ring substituents is 1. The van der Waals surface area contributed by atoms with Crippen molar-refractivity contribution in [3.63, 3.8) is 0 Å². The number of carbonyl (C=O) groups is 1. The van der Waals surface area contributed by atoms with E-state index >= 15 is 0 Å². The number of carbonyl (C=O) groups excluding carboxylic acids is 1. The average molecular weight is 242 g/mol. The van der Waals surface area contributed by atoms with E-state index in [1.165, 1.54) is 18.2 Å². The lowest BCUT2D eigenvalue weighted by Crippen LogP contribution is -2.00. The fourth-order valence-electron chi connectivity index (χ4n) is 1.31. The minimum Gasteiger partial charge on any atom is -0.294 e. The first-order chi connectivity index (χ1) is 7.56. The number of unbranched alkanes of at least 4 members (excludes halogenated alkanes) is 1. The second kappa shape index (κ2) is 5.61. The molecule has 0 spiro atoms. The monoisotopic (exact) mass is 241 g/mol. The van der Waals surface area contributed by atoms with Crippen molar-refractivity contribution < 1.29 is 9.72 Å². The molecule has 0 aliphatic heterocycles. The summed E-state index contributed by atoms with van der Waals surface area (Å²) in [6.45, 7) is 1.98. The van der Waals surface area contributed by atoms with Crippen molar-refractivity contribution in [1.82, 2.24) is 0 Å². The molecule has 0 saturated carbocycles. The number of ketones is 1. The summed E-state index contributed by atoms with van der Waals surface area (Å²) in [5, 5.41) is 10.7. The van der Waals surface area contributed by atoms with E-state index in [1.54, 1.807) is 0 Å². The molecule has 0 aliphatic rings. The number of hydrogen-bond donors (Lipinski definition) is 0. The molecule has 0 atom stereocenters. The van der Waals surface area contributed by atoms with Gasteiger partial charge in [-0.25, -0.2) is 0 Å². The smallest absolute Gasteiger partial charge is 0.288 e. The number of hydrogen-bond acceptors (Lipinski definition) is 3. The van der Waals surface area contributed by atoms with Crippen molar-refractivity contribution in [2.75, 3.05) is 0 Å². The van der Waals surface area contributed by atoms with E-state index in [-0.39, 0.29) is 16.5 Å². The molecule has 0 N–H and O–H groups in total. The Morgan fingerprint density at radius 3 is 2.75 bits per heavy atom. The van der Waals surface area contributed by atoms with Gasteiger partial charge in [-0.05, 0) is 18.6 Å². The zero-order valence-electron chi connectivity index (χ0n) is 8.90. The largest absolute Gasteiger partial charge is 0.294 e. The molecule has 0 unspecified atom stereocenters. The zero-order valence-corrected chi connectivity index (χ0v) is 9.66. The number of Topliss-reactive ketones (excluding diaryl/α,β-unsaturated/α-hetero) is 1. The summed E-state index contributed by atoms with van der Waals surface area (Å²) in [5.41, 5.74) is 0.133. The molecule has 0 aliphatic carbocycles. The van der Waals surface area contributed by atoms with Crippen LogP contribution in [0.25, 0.3) is 0 Å². The second-order valence-corrected chi connectivity index (χ2v) is 3.86. The van der Waals surface area contributed by atoms with Gasteiger partial charge < -0.3 is 0 Å². The van der Waals surface area contributed by atoms with Gasteiger partial charge >= 0.3 is 0 Å². The zero-order chi connectivity index (χ0) is 12.1. The van der Waals surface area contributed by atoms with E-state index in [0.29, 0.717) is 12.0 Å². The van der Waals surface area contributed by atoms with Gasteiger partial charge in [0.1, 0.15) is 5.02 Å². The summed E-state index contributed by atoms with van der Waals surface area (Å²) in [6.07, 6.45) is 2.12. The minimum absolute atomic E-state index is 0.0528. The molecule has 86 valence electrons. The highest BCUT2D eigenvalue weighted by Crippen LogP contribution is 2.25. The summed E-state index contributed by atoms with van der Waals surface area (Å²) < 4.78 is 0. The summed E-state index contributed by atoms with van der Waals surface area (Å²) in [5.74, 6) is -0.0818. The molecule has 0 fully saturated rings. The molecule has 16 heavy (non-hydrogen) atoms. The van der Waals surface area contributed by atoms with Crippen molar-refractivity contribution in [2.24, 2.45) is 0 Å². The van der Waals surface area contributed by atoms with Gasteiger partial charge in [-0.15, -0.1) is 0 Å². The van der Waals surface area contributed by atoms with Crippen molar-refractivity contribution in [3.8, 4) is 0 Å². The van der Waals surface area contributed by atoms with Crippen LogP contribution in [0.15, 0.2) is 18.2 Å². The first-order valence-electron chi connectivity index (χ1n) is 5.03. The van der Waals surface area contributed by atoms with Crippen molar-refractivity contribution in [1.29, 1.82) is 0 Å². The van der Waals surface area contributed by atoms with Crippen LogP contribution in [-0.4, -0.2) is 10.7 Å². The summed E-state index contributed by atoms with van der Waals surface area (Å²) >= 11 is 5.65. The molecular weight excluding hydrogens is 230 g/mol. The number of nitrogens with zero attached hydrogens (tertiary/aromatic N) is 1. The van der Waals surface area contributed by atoms with E-state index in [9.17, 15) is 14.9 Å². The van der Waals surface area contributed by atoms with Crippen molar-refractivity contribution >= 4 is 23.1 Å². The van der Waals surface area contributed by atoms with Gasteiger partial charge in [0.15, 0.2) is 5.78 Å². The minimum atomic E-state index is -0.584. The van der Waals surface area contributed by atoms with E-state index in [2.05, 4.69) is 0 Å². The molecule has 1 aromatic rings. The van der Waals surface area contributed by atoms with Crippen LogP contribution >= 0.6 is 11.6 Å². The Balaban J connectivity index is 2.94. The van der Waals surface area contributed by atoms with E-state index in [4.69, 9.17) is 11.6 Å². The van der Waals surface area contributed by atoms with Crippen molar-refractivity contribution in [2.45, 2.75) is 26.2 Å².